The van der Waals surface area contributed by atoms with E-state index in [1.807, 2.05) is 0 Å². The molecule has 0 unspecified atom stereocenters. The number of hydrogen-bond acceptors (Lipinski definition) is 1. The Labute approximate surface area is 83.2 Å². The van der Waals surface area contributed by atoms with E-state index in [-0.39, 0.29) is 29.7 Å². The first-order chi connectivity index (χ1) is 3.68. The lowest BCUT2D eigenvalue weighted by Crippen LogP contribution is -2.08. The lowest BCUT2D eigenvalue weighted by Gasteiger charge is -2.00. The predicted molar refractivity (Wildman–Crippen MR) is 67.1 cm³/mol. The third kappa shape index (κ3) is 208. The molecule has 1 heteroatoms. The van der Waals surface area contributed by atoms with E-state index in [1.54, 1.807) is 0 Å². The van der Waals surface area contributed by atoms with E-state index in [4.69, 9.17) is 0 Å². The largest absolute Gasteiger partial charge is 0.310 e. The van der Waals surface area contributed by atoms with Gasteiger partial charge >= 0.3 is 0 Å². The van der Waals surface area contributed by atoms with Crippen molar-refractivity contribution in [3.8, 4) is 0 Å². The molecule has 0 fully saturated rings. The van der Waals surface area contributed by atoms with Gasteiger partial charge in [0.2, 0.25) is 0 Å². The molecular formula is C11H35N. The highest BCUT2D eigenvalue weighted by Gasteiger charge is 1.72. The third-order valence-corrected chi connectivity index (χ3v) is 0.632. The second-order valence-electron chi connectivity index (χ2n) is 2.10. The Balaban J connectivity index is -0.0000000119. The molecule has 0 saturated heterocycles. The molecule has 0 radical (unpaired) electrons. The van der Waals surface area contributed by atoms with Crippen molar-refractivity contribution in [2.24, 2.45) is 0 Å². The number of nitrogens with zero attached hydrogens (tertiary/aromatic N) is 1. The lowest BCUT2D eigenvalue weighted by molar-refractivity contribution is 0.434. The number of rotatable bonds is 1. The van der Waals surface area contributed by atoms with Crippen LogP contribution in [0.15, 0.2) is 0 Å². The molecule has 1 nitrogen and oxygen atoms in total. The van der Waals surface area contributed by atoms with Gasteiger partial charge in [-0.25, -0.2) is 0 Å². The highest BCUT2D eigenvalue weighted by Crippen LogP contribution is 1.63. The van der Waals surface area contributed by atoms with E-state index in [1.165, 1.54) is 6.42 Å². The summed E-state index contributed by atoms with van der Waals surface area (Å²) in [6.07, 6.45) is 1.25. The summed E-state index contributed by atoms with van der Waals surface area (Å²) in [5, 5.41) is 0. The van der Waals surface area contributed by atoms with Crippen LogP contribution in [0.5, 0.6) is 0 Å². The highest BCUT2D eigenvalue weighted by molar-refractivity contribution is 4.25. The van der Waals surface area contributed by atoms with Crippen molar-refractivity contribution in [1.82, 2.24) is 4.90 Å². The fraction of sp³-hybridized carbons (Fsp3) is 1.00. The van der Waals surface area contributed by atoms with Gasteiger partial charge < -0.3 is 4.90 Å². The van der Waals surface area contributed by atoms with Gasteiger partial charge in [0.1, 0.15) is 0 Å². The summed E-state index contributed by atoms with van der Waals surface area (Å²) >= 11 is 0. The molecule has 0 spiro atoms. The van der Waals surface area contributed by atoms with Gasteiger partial charge in [0.15, 0.2) is 0 Å². The standard InChI is InChI=1S/C4H11N.C3H8.4CH4/c1-4-5(2)3;1-3-2;;;;/h4H2,1-3H3;3H2,1-2H3;4*1H4. The molecule has 0 aromatic rings. The first-order valence-corrected chi connectivity index (χ1v) is 3.33. The van der Waals surface area contributed by atoms with E-state index in [0.29, 0.717) is 0 Å². The van der Waals surface area contributed by atoms with Crippen molar-refractivity contribution in [1.29, 1.82) is 0 Å². The minimum Gasteiger partial charge on any atom is -0.310 e. The Hall–Kier alpha value is -0.0400. The van der Waals surface area contributed by atoms with E-state index in [0.717, 1.165) is 6.54 Å². The van der Waals surface area contributed by atoms with Gasteiger partial charge in [-0.3, -0.25) is 0 Å². The molecular weight excluding hydrogens is 146 g/mol. The Morgan fingerprint density at radius 3 is 0.833 bits per heavy atom. The molecule has 0 atom stereocenters. The second-order valence-corrected chi connectivity index (χ2v) is 2.10. The van der Waals surface area contributed by atoms with Gasteiger partial charge in [-0.05, 0) is 20.6 Å². The maximum Gasteiger partial charge on any atom is -0.00533 e. The van der Waals surface area contributed by atoms with Crippen molar-refractivity contribution in [3.05, 3.63) is 0 Å². The molecule has 0 heterocycles. The zero-order chi connectivity index (χ0) is 6.99. The summed E-state index contributed by atoms with van der Waals surface area (Å²) in [4.78, 5) is 2.12. The molecule has 12 heavy (non-hydrogen) atoms. The van der Waals surface area contributed by atoms with Gasteiger partial charge in [0.25, 0.3) is 0 Å². The fourth-order valence-electron chi connectivity index (χ4n) is 0. The molecule has 0 bridgehead atoms. The normalized spacial score (nSPS) is 5.50. The van der Waals surface area contributed by atoms with Gasteiger partial charge in [0.05, 0.1) is 0 Å². The summed E-state index contributed by atoms with van der Waals surface area (Å²) in [5.41, 5.74) is 0. The zero-order valence-electron chi connectivity index (χ0n) is 6.86. The van der Waals surface area contributed by atoms with E-state index >= 15 is 0 Å². The van der Waals surface area contributed by atoms with Crippen molar-refractivity contribution >= 4 is 0 Å². The van der Waals surface area contributed by atoms with Crippen molar-refractivity contribution in [3.63, 3.8) is 0 Å². The Morgan fingerprint density at radius 1 is 0.750 bits per heavy atom. The summed E-state index contributed by atoms with van der Waals surface area (Å²) < 4.78 is 0. The Bertz CT molecular complexity index is 26.2. The average Bonchev–Trinajstić information content (AvgIpc) is 1.69. The average molecular weight is 181 g/mol. The van der Waals surface area contributed by atoms with Gasteiger partial charge in [-0.1, -0.05) is 56.9 Å². The Morgan fingerprint density at radius 2 is 0.833 bits per heavy atom. The first-order valence-electron chi connectivity index (χ1n) is 3.33. The van der Waals surface area contributed by atoms with Crippen molar-refractivity contribution in [2.45, 2.75) is 56.9 Å². The van der Waals surface area contributed by atoms with Crippen molar-refractivity contribution in [2.75, 3.05) is 20.6 Å². The molecule has 0 aliphatic carbocycles. The smallest absolute Gasteiger partial charge is 0.00533 e. The minimum atomic E-state index is 0. The number of hydrogen-bond donors (Lipinski definition) is 0. The molecule has 0 aromatic heterocycles. The van der Waals surface area contributed by atoms with Crippen LogP contribution in [0.3, 0.4) is 0 Å². The van der Waals surface area contributed by atoms with Crippen LogP contribution in [0.2, 0.25) is 0 Å². The zero-order valence-corrected chi connectivity index (χ0v) is 6.86. The quantitative estimate of drug-likeness (QED) is 0.574. The topological polar surface area (TPSA) is 3.24 Å². The van der Waals surface area contributed by atoms with Crippen LogP contribution in [0.1, 0.15) is 56.9 Å². The van der Waals surface area contributed by atoms with E-state index in [2.05, 4.69) is 39.8 Å². The lowest BCUT2D eigenvalue weighted by atomic mass is 10.6. The monoisotopic (exact) mass is 181 g/mol. The maximum absolute atomic E-state index is 2.12. The van der Waals surface area contributed by atoms with E-state index in [9.17, 15) is 0 Å². The van der Waals surface area contributed by atoms with Gasteiger partial charge in [-0.15, -0.1) is 0 Å². The maximum atomic E-state index is 2.12. The molecule has 84 valence electrons. The van der Waals surface area contributed by atoms with Crippen LogP contribution in [0.4, 0.5) is 0 Å². The summed E-state index contributed by atoms with van der Waals surface area (Å²) in [7, 11) is 4.11. The SMILES string of the molecule is C.C.C.C.CCC.CCN(C)C. The van der Waals surface area contributed by atoms with Crippen LogP contribution in [0.25, 0.3) is 0 Å². The highest BCUT2D eigenvalue weighted by atomic mass is 15.0. The van der Waals surface area contributed by atoms with Crippen molar-refractivity contribution < 1.29 is 0 Å². The van der Waals surface area contributed by atoms with Gasteiger partial charge in [-0.2, -0.15) is 0 Å². The predicted octanol–water partition coefficient (Wildman–Crippen LogP) is 4.53. The molecule has 0 amide bonds. The second kappa shape index (κ2) is 44.2. The molecule has 0 aromatic carbocycles. The fourth-order valence-corrected chi connectivity index (χ4v) is 0. The molecule has 0 aliphatic heterocycles. The molecule has 0 aliphatic rings. The molecule has 0 rings (SSSR count). The summed E-state index contributed by atoms with van der Waals surface area (Å²) in [6, 6.07) is 0. The minimum absolute atomic E-state index is 0. The van der Waals surface area contributed by atoms with Crippen LogP contribution < -0.4 is 0 Å². The van der Waals surface area contributed by atoms with E-state index < -0.39 is 0 Å². The summed E-state index contributed by atoms with van der Waals surface area (Å²) in [6.45, 7) is 7.51. The Kier molecular flexibility index (Phi) is 149. The van der Waals surface area contributed by atoms with Crippen LogP contribution >= 0.6 is 0 Å². The molecule has 0 N–H and O–H groups in total. The van der Waals surface area contributed by atoms with Crippen LogP contribution in [-0.2, 0) is 0 Å². The van der Waals surface area contributed by atoms with Gasteiger partial charge in [0, 0.05) is 0 Å². The first kappa shape index (κ1) is 40.4. The van der Waals surface area contributed by atoms with Crippen LogP contribution in [0, 0.1) is 0 Å². The third-order valence-electron chi connectivity index (χ3n) is 0.632. The summed E-state index contributed by atoms with van der Waals surface area (Å²) in [5.74, 6) is 0. The van der Waals surface area contributed by atoms with Crippen LogP contribution in [-0.4, -0.2) is 25.5 Å². The molecule has 0 saturated carbocycles.